The Morgan fingerprint density at radius 3 is 2.70 bits per heavy atom. The highest BCUT2D eigenvalue weighted by atomic mass is 16.5. The number of ether oxygens (including phenoxy) is 1. The number of likely N-dealkylation sites (tertiary alicyclic amines) is 1. The molecule has 2 saturated heterocycles. The minimum absolute atomic E-state index is 0.215. The van der Waals surface area contributed by atoms with Crippen LogP contribution >= 0.6 is 0 Å². The van der Waals surface area contributed by atoms with E-state index < -0.39 is 0 Å². The van der Waals surface area contributed by atoms with Crippen LogP contribution in [0, 0.1) is 5.92 Å². The third-order valence-corrected chi connectivity index (χ3v) is 7.47. The van der Waals surface area contributed by atoms with Crippen molar-refractivity contribution >= 4 is 11.9 Å². The lowest BCUT2D eigenvalue weighted by Gasteiger charge is -2.34. The molecule has 1 aliphatic carbocycles. The minimum Gasteiger partial charge on any atom is -0.378 e. The molecule has 0 spiro atoms. The number of hydrogen-bond acceptors (Lipinski definition) is 6. The number of rotatable bonds is 6. The monoisotopic (exact) mass is 449 g/mol. The number of carbonyl (C=O) groups excluding carboxylic acids is 1. The van der Waals surface area contributed by atoms with Crippen molar-refractivity contribution in [3.8, 4) is 11.1 Å². The predicted octanol–water partition coefficient (Wildman–Crippen LogP) is 4.05. The Balaban J connectivity index is 1.36. The number of anilines is 1. The molecule has 1 saturated carbocycles. The maximum Gasteiger partial charge on any atom is 0.225 e. The summed E-state index contributed by atoms with van der Waals surface area (Å²) in [6.07, 6.45) is 14.7. The predicted molar refractivity (Wildman–Crippen MR) is 128 cm³/mol. The first-order chi connectivity index (χ1) is 16.3. The summed E-state index contributed by atoms with van der Waals surface area (Å²) in [6.45, 7) is 4.63. The van der Waals surface area contributed by atoms with Gasteiger partial charge in [-0.3, -0.25) is 9.78 Å². The molecule has 0 radical (unpaired) electrons. The second-order valence-corrected chi connectivity index (χ2v) is 9.68. The average molecular weight is 450 g/mol. The molecule has 1 amide bonds. The van der Waals surface area contributed by atoms with Gasteiger partial charge >= 0.3 is 0 Å². The molecule has 2 aromatic rings. The van der Waals surface area contributed by atoms with E-state index in [4.69, 9.17) is 14.7 Å². The Kier molecular flexibility index (Phi) is 7.15. The standard InChI is InChI=1S/C26H35N5O2/c32-24(10-9-20-5-1-2-6-20)31-12-4-8-22(19-31)25-23(21-7-3-11-27-17-21)18-28-26(29-25)30-13-15-33-16-14-30/h3,7,11,17-18,20,22H,1-2,4-6,8-10,12-16,19H2/t22-/m0/s1. The lowest BCUT2D eigenvalue weighted by molar-refractivity contribution is -0.132. The molecule has 3 aliphatic rings. The van der Waals surface area contributed by atoms with E-state index in [1.807, 2.05) is 18.5 Å². The number of morpholine rings is 1. The highest BCUT2D eigenvalue weighted by molar-refractivity contribution is 5.76. The first-order valence-electron chi connectivity index (χ1n) is 12.7. The van der Waals surface area contributed by atoms with Gasteiger partial charge in [-0.05, 0) is 31.2 Å². The summed E-state index contributed by atoms with van der Waals surface area (Å²) in [5, 5.41) is 0. The van der Waals surface area contributed by atoms with Crippen LogP contribution in [0.25, 0.3) is 11.1 Å². The maximum absolute atomic E-state index is 13.1. The van der Waals surface area contributed by atoms with Crippen molar-refractivity contribution in [2.45, 2.75) is 57.3 Å². The Hall–Kier alpha value is -2.54. The van der Waals surface area contributed by atoms with Crippen molar-refractivity contribution in [3.63, 3.8) is 0 Å². The zero-order valence-electron chi connectivity index (χ0n) is 19.5. The van der Waals surface area contributed by atoms with Crippen LogP contribution in [-0.4, -0.2) is 65.2 Å². The molecule has 7 heteroatoms. The smallest absolute Gasteiger partial charge is 0.225 e. The highest BCUT2D eigenvalue weighted by Gasteiger charge is 2.29. The van der Waals surface area contributed by atoms with Gasteiger partial charge in [0.1, 0.15) is 0 Å². The van der Waals surface area contributed by atoms with Gasteiger partial charge in [-0.25, -0.2) is 9.97 Å². The number of carbonyl (C=O) groups is 1. The lowest BCUT2D eigenvalue weighted by atomic mass is 9.90. The van der Waals surface area contributed by atoms with E-state index in [-0.39, 0.29) is 5.92 Å². The van der Waals surface area contributed by atoms with Crippen molar-refractivity contribution in [2.75, 3.05) is 44.3 Å². The fourth-order valence-electron chi connectivity index (χ4n) is 5.57. The van der Waals surface area contributed by atoms with E-state index in [0.717, 1.165) is 74.1 Å². The van der Waals surface area contributed by atoms with E-state index in [1.165, 1.54) is 25.7 Å². The summed E-state index contributed by atoms with van der Waals surface area (Å²) in [4.78, 5) is 31.5. The number of hydrogen-bond donors (Lipinski definition) is 0. The first kappa shape index (κ1) is 22.3. The maximum atomic E-state index is 13.1. The normalized spacial score (nSPS) is 22.0. The molecule has 2 aromatic heterocycles. The lowest BCUT2D eigenvalue weighted by Crippen LogP contribution is -2.40. The molecule has 5 rings (SSSR count). The van der Waals surface area contributed by atoms with Crippen LogP contribution in [0.4, 0.5) is 5.95 Å². The number of aromatic nitrogens is 3. The third kappa shape index (κ3) is 5.35. The largest absolute Gasteiger partial charge is 0.378 e. The second-order valence-electron chi connectivity index (χ2n) is 9.68. The third-order valence-electron chi connectivity index (χ3n) is 7.47. The van der Waals surface area contributed by atoms with Crippen LogP contribution in [0.1, 0.15) is 63.0 Å². The summed E-state index contributed by atoms with van der Waals surface area (Å²) >= 11 is 0. The van der Waals surface area contributed by atoms with Crippen molar-refractivity contribution in [3.05, 3.63) is 36.4 Å². The Morgan fingerprint density at radius 2 is 1.91 bits per heavy atom. The molecule has 176 valence electrons. The summed E-state index contributed by atoms with van der Waals surface area (Å²) in [7, 11) is 0. The van der Waals surface area contributed by atoms with Crippen LogP contribution in [0.2, 0.25) is 0 Å². The van der Waals surface area contributed by atoms with Gasteiger partial charge in [0.25, 0.3) is 0 Å². The van der Waals surface area contributed by atoms with E-state index in [2.05, 4.69) is 20.9 Å². The Bertz CT molecular complexity index is 926. The minimum atomic E-state index is 0.215. The molecule has 0 unspecified atom stereocenters. The molecule has 0 bridgehead atoms. The molecular weight excluding hydrogens is 414 g/mol. The molecule has 0 aromatic carbocycles. The zero-order chi connectivity index (χ0) is 22.5. The van der Waals surface area contributed by atoms with Crippen LogP contribution in [0.3, 0.4) is 0 Å². The molecule has 7 nitrogen and oxygen atoms in total. The van der Waals surface area contributed by atoms with Crippen molar-refractivity contribution in [1.29, 1.82) is 0 Å². The fourth-order valence-corrected chi connectivity index (χ4v) is 5.57. The van der Waals surface area contributed by atoms with E-state index >= 15 is 0 Å². The van der Waals surface area contributed by atoms with Crippen LogP contribution in [-0.2, 0) is 9.53 Å². The van der Waals surface area contributed by atoms with Gasteiger partial charge in [0, 0.05) is 68.2 Å². The van der Waals surface area contributed by atoms with Gasteiger partial charge in [-0.2, -0.15) is 0 Å². The SMILES string of the molecule is O=C(CCC1CCCC1)N1CCC[C@H](c2nc(N3CCOCC3)ncc2-c2cccnc2)C1. The number of amides is 1. The number of nitrogens with zero attached hydrogens (tertiary/aromatic N) is 5. The molecule has 1 atom stereocenters. The van der Waals surface area contributed by atoms with Gasteiger partial charge < -0.3 is 14.5 Å². The molecule has 0 N–H and O–H groups in total. The zero-order valence-corrected chi connectivity index (χ0v) is 19.5. The fraction of sp³-hybridized carbons (Fsp3) is 0.615. The summed E-state index contributed by atoms with van der Waals surface area (Å²) in [5.41, 5.74) is 3.11. The summed E-state index contributed by atoms with van der Waals surface area (Å²) in [5.74, 6) is 2.06. The molecule has 3 fully saturated rings. The molecular formula is C26H35N5O2. The van der Waals surface area contributed by atoms with Crippen LogP contribution in [0.15, 0.2) is 30.7 Å². The van der Waals surface area contributed by atoms with E-state index in [0.29, 0.717) is 25.5 Å². The van der Waals surface area contributed by atoms with Gasteiger partial charge in [0.05, 0.1) is 18.9 Å². The second kappa shape index (κ2) is 10.6. The van der Waals surface area contributed by atoms with Crippen molar-refractivity contribution in [2.24, 2.45) is 5.92 Å². The quantitative estimate of drug-likeness (QED) is 0.663. The average Bonchev–Trinajstić information content (AvgIpc) is 3.42. The van der Waals surface area contributed by atoms with Gasteiger partial charge in [0.2, 0.25) is 11.9 Å². The Labute approximate surface area is 196 Å². The summed E-state index contributed by atoms with van der Waals surface area (Å²) in [6, 6.07) is 4.02. The molecule has 4 heterocycles. The molecule has 2 aliphatic heterocycles. The topological polar surface area (TPSA) is 71.5 Å². The van der Waals surface area contributed by atoms with Gasteiger partial charge in [-0.1, -0.05) is 31.7 Å². The van der Waals surface area contributed by atoms with Gasteiger partial charge in [-0.15, -0.1) is 0 Å². The van der Waals surface area contributed by atoms with E-state index in [1.54, 1.807) is 6.20 Å². The van der Waals surface area contributed by atoms with E-state index in [9.17, 15) is 4.79 Å². The number of piperidine rings is 1. The first-order valence-corrected chi connectivity index (χ1v) is 12.7. The van der Waals surface area contributed by atoms with Gasteiger partial charge in [0.15, 0.2) is 0 Å². The highest BCUT2D eigenvalue weighted by Crippen LogP contribution is 2.35. The van der Waals surface area contributed by atoms with Crippen LogP contribution < -0.4 is 4.90 Å². The molecule has 33 heavy (non-hydrogen) atoms. The van der Waals surface area contributed by atoms with Crippen molar-refractivity contribution in [1.82, 2.24) is 19.9 Å². The summed E-state index contributed by atoms with van der Waals surface area (Å²) < 4.78 is 5.51. The number of pyridine rings is 1. The Morgan fingerprint density at radius 1 is 1.06 bits per heavy atom. The van der Waals surface area contributed by atoms with Crippen molar-refractivity contribution < 1.29 is 9.53 Å². The van der Waals surface area contributed by atoms with Crippen LogP contribution in [0.5, 0.6) is 0 Å².